The van der Waals surface area contributed by atoms with Crippen LogP contribution in [-0.4, -0.2) is 39.1 Å². The number of benzene rings is 1. The molecule has 0 saturated carbocycles. The molecule has 1 atom stereocenters. The van der Waals surface area contributed by atoms with Crippen molar-refractivity contribution in [3.63, 3.8) is 0 Å². The Morgan fingerprint density at radius 3 is 2.86 bits per heavy atom. The molecule has 0 fully saturated rings. The molecule has 1 aliphatic heterocycles. The summed E-state index contributed by atoms with van der Waals surface area (Å²) >= 11 is 0. The van der Waals surface area contributed by atoms with E-state index in [0.29, 0.717) is 11.4 Å². The molecule has 8 nitrogen and oxygen atoms in total. The first-order valence-electron chi connectivity index (χ1n) is 8.82. The molecule has 2 amide bonds. The van der Waals surface area contributed by atoms with Crippen LogP contribution in [0.25, 0.3) is 5.52 Å². The Balaban J connectivity index is 1.60. The van der Waals surface area contributed by atoms with Gasteiger partial charge in [0.15, 0.2) is 5.96 Å². The number of anilines is 1. The van der Waals surface area contributed by atoms with Gasteiger partial charge in [-0.15, -0.1) is 0 Å². The van der Waals surface area contributed by atoms with Gasteiger partial charge in [-0.1, -0.05) is 12.1 Å². The average Bonchev–Trinajstić information content (AvgIpc) is 3.14. The molecular weight excluding hydrogens is 356 g/mol. The highest BCUT2D eigenvalue weighted by Crippen LogP contribution is 2.34. The van der Waals surface area contributed by atoms with Crippen LogP contribution in [0, 0.1) is 0 Å². The number of carbonyl (C=O) groups excluding carboxylic acids is 2. The molecule has 3 aromatic rings. The number of nitrogens with zero attached hydrogens (tertiary/aromatic N) is 4. The van der Waals surface area contributed by atoms with Crippen LogP contribution in [0.3, 0.4) is 0 Å². The van der Waals surface area contributed by atoms with E-state index >= 15 is 0 Å². The summed E-state index contributed by atoms with van der Waals surface area (Å²) in [5.41, 5.74) is 7.71. The minimum atomic E-state index is -0.780. The summed E-state index contributed by atoms with van der Waals surface area (Å²) in [5, 5.41) is 2.86. The number of hydrogen-bond donors (Lipinski definition) is 2. The summed E-state index contributed by atoms with van der Waals surface area (Å²) in [6, 6.07) is 12.8. The predicted octanol–water partition coefficient (Wildman–Crippen LogP) is 1.98. The standard InChI is InChI=1S/C20H20N6O2/c1-20(11-17(27)25(2)19(21)24-20)13-5-3-6-14(9-13)23-18(28)16-10-15-7-4-8-26(15)12-22-16/h3-10,12H,11H2,1-2H3,(H2,21,24)(H,23,28). The summed E-state index contributed by atoms with van der Waals surface area (Å²) in [4.78, 5) is 34.8. The van der Waals surface area contributed by atoms with E-state index in [4.69, 9.17) is 5.73 Å². The lowest BCUT2D eigenvalue weighted by Gasteiger charge is -2.33. The molecule has 0 bridgehead atoms. The van der Waals surface area contributed by atoms with Crippen LogP contribution in [0.2, 0.25) is 0 Å². The number of amides is 2. The highest BCUT2D eigenvalue weighted by Gasteiger charge is 2.36. The molecule has 3 heterocycles. The van der Waals surface area contributed by atoms with Crippen molar-refractivity contribution in [3.05, 3.63) is 66.2 Å². The summed E-state index contributed by atoms with van der Waals surface area (Å²) < 4.78 is 1.83. The molecule has 1 aliphatic rings. The summed E-state index contributed by atoms with van der Waals surface area (Å²) in [6.45, 7) is 1.85. The number of carbonyl (C=O) groups is 2. The number of rotatable bonds is 3. The van der Waals surface area contributed by atoms with Crippen LogP contribution >= 0.6 is 0 Å². The van der Waals surface area contributed by atoms with Gasteiger partial charge in [0.2, 0.25) is 5.91 Å². The minimum absolute atomic E-state index is 0.103. The van der Waals surface area contributed by atoms with Gasteiger partial charge in [0.1, 0.15) is 5.69 Å². The Kier molecular flexibility index (Phi) is 4.11. The molecule has 0 aliphatic carbocycles. The maximum Gasteiger partial charge on any atom is 0.274 e. The van der Waals surface area contributed by atoms with E-state index < -0.39 is 5.54 Å². The van der Waals surface area contributed by atoms with Crippen LogP contribution in [0.1, 0.15) is 29.4 Å². The topological polar surface area (TPSA) is 105 Å². The first-order valence-corrected chi connectivity index (χ1v) is 8.82. The highest BCUT2D eigenvalue weighted by atomic mass is 16.2. The SMILES string of the molecule is CN1C(=O)CC(C)(c2cccc(NC(=O)c3cc4cccn4cn3)c2)N=C1N. The van der Waals surface area contributed by atoms with Crippen molar-refractivity contribution in [2.75, 3.05) is 12.4 Å². The maximum atomic E-state index is 12.6. The smallest absolute Gasteiger partial charge is 0.274 e. The summed E-state index contributed by atoms with van der Waals surface area (Å²) in [6.07, 6.45) is 3.67. The molecule has 8 heteroatoms. The highest BCUT2D eigenvalue weighted by molar-refractivity contribution is 6.03. The third-order valence-electron chi connectivity index (χ3n) is 4.97. The Hall–Kier alpha value is -3.68. The second kappa shape index (κ2) is 6.49. The quantitative estimate of drug-likeness (QED) is 0.729. The zero-order chi connectivity index (χ0) is 19.9. The van der Waals surface area contributed by atoms with Gasteiger partial charge in [0, 0.05) is 24.4 Å². The first-order chi connectivity index (χ1) is 13.4. The second-order valence-corrected chi connectivity index (χ2v) is 7.02. The molecular formula is C20H20N6O2. The van der Waals surface area contributed by atoms with Gasteiger partial charge in [-0.25, -0.2) is 9.98 Å². The summed E-state index contributed by atoms with van der Waals surface area (Å²) in [7, 11) is 1.60. The molecule has 3 N–H and O–H groups in total. The van der Waals surface area contributed by atoms with Crippen LogP contribution in [-0.2, 0) is 10.3 Å². The van der Waals surface area contributed by atoms with Crippen molar-refractivity contribution in [1.82, 2.24) is 14.3 Å². The Bertz CT molecular complexity index is 1120. The van der Waals surface area contributed by atoms with E-state index in [1.165, 1.54) is 4.90 Å². The largest absolute Gasteiger partial charge is 0.369 e. The van der Waals surface area contributed by atoms with Gasteiger partial charge in [-0.2, -0.15) is 0 Å². The normalized spacial score (nSPS) is 19.6. The van der Waals surface area contributed by atoms with Crippen molar-refractivity contribution in [1.29, 1.82) is 0 Å². The van der Waals surface area contributed by atoms with Crippen molar-refractivity contribution in [2.45, 2.75) is 18.9 Å². The molecule has 1 aromatic carbocycles. The fourth-order valence-corrected chi connectivity index (χ4v) is 3.26. The van der Waals surface area contributed by atoms with Gasteiger partial charge in [0.25, 0.3) is 5.91 Å². The van der Waals surface area contributed by atoms with Crippen LogP contribution in [0.5, 0.6) is 0 Å². The number of guanidine groups is 1. The van der Waals surface area contributed by atoms with E-state index in [1.807, 2.05) is 47.9 Å². The average molecular weight is 376 g/mol. The fraction of sp³-hybridized carbons (Fsp3) is 0.200. The Morgan fingerprint density at radius 2 is 2.07 bits per heavy atom. The lowest BCUT2D eigenvalue weighted by molar-refractivity contribution is -0.128. The van der Waals surface area contributed by atoms with Crippen molar-refractivity contribution < 1.29 is 9.59 Å². The minimum Gasteiger partial charge on any atom is -0.369 e. The molecule has 28 heavy (non-hydrogen) atoms. The number of fused-ring (bicyclic) bond motifs is 1. The second-order valence-electron chi connectivity index (χ2n) is 7.02. The third-order valence-corrected chi connectivity index (χ3v) is 4.97. The zero-order valence-corrected chi connectivity index (χ0v) is 15.6. The molecule has 2 aromatic heterocycles. The number of nitrogens with one attached hydrogen (secondary N) is 1. The summed E-state index contributed by atoms with van der Waals surface area (Å²) in [5.74, 6) is -0.236. The molecule has 4 rings (SSSR count). The first kappa shape index (κ1) is 17.7. The van der Waals surface area contributed by atoms with E-state index in [0.717, 1.165) is 11.1 Å². The number of nitrogens with two attached hydrogens (primary N) is 1. The maximum absolute atomic E-state index is 12.6. The predicted molar refractivity (Wildman–Crippen MR) is 106 cm³/mol. The molecule has 0 saturated heterocycles. The van der Waals surface area contributed by atoms with Gasteiger partial charge in [0.05, 0.1) is 18.3 Å². The van der Waals surface area contributed by atoms with Gasteiger partial charge in [-0.3, -0.25) is 14.5 Å². The van der Waals surface area contributed by atoms with Crippen molar-refractivity contribution in [2.24, 2.45) is 10.7 Å². The van der Waals surface area contributed by atoms with Crippen LogP contribution in [0.15, 0.2) is 60.0 Å². The third kappa shape index (κ3) is 3.09. The molecule has 0 radical (unpaired) electrons. The van der Waals surface area contributed by atoms with E-state index in [2.05, 4.69) is 15.3 Å². The molecule has 0 spiro atoms. The zero-order valence-electron chi connectivity index (χ0n) is 15.6. The monoisotopic (exact) mass is 376 g/mol. The molecule has 1 unspecified atom stereocenters. The Labute approximate surface area is 161 Å². The van der Waals surface area contributed by atoms with Crippen molar-refractivity contribution >= 4 is 29.0 Å². The number of aromatic nitrogens is 2. The van der Waals surface area contributed by atoms with E-state index in [-0.39, 0.29) is 24.2 Å². The van der Waals surface area contributed by atoms with E-state index in [1.54, 1.807) is 25.5 Å². The van der Waals surface area contributed by atoms with Gasteiger partial charge < -0.3 is 15.5 Å². The lowest BCUT2D eigenvalue weighted by atomic mass is 9.87. The van der Waals surface area contributed by atoms with Crippen LogP contribution < -0.4 is 11.1 Å². The van der Waals surface area contributed by atoms with Gasteiger partial charge in [-0.05, 0) is 42.8 Å². The molecule has 142 valence electrons. The van der Waals surface area contributed by atoms with Crippen LogP contribution in [0.4, 0.5) is 5.69 Å². The number of hydrogen-bond acceptors (Lipinski definition) is 5. The van der Waals surface area contributed by atoms with Gasteiger partial charge >= 0.3 is 0 Å². The fourth-order valence-electron chi connectivity index (χ4n) is 3.26. The number of aliphatic imine (C=N–C) groups is 1. The van der Waals surface area contributed by atoms with Crippen molar-refractivity contribution in [3.8, 4) is 0 Å². The Morgan fingerprint density at radius 1 is 1.25 bits per heavy atom. The van der Waals surface area contributed by atoms with E-state index in [9.17, 15) is 9.59 Å². The lowest BCUT2D eigenvalue weighted by Crippen LogP contribution is -2.47.